The maximum atomic E-state index is 12.1. The van der Waals surface area contributed by atoms with Gasteiger partial charge >= 0.3 is 8.80 Å². The highest BCUT2D eigenvalue weighted by Crippen LogP contribution is 2.27. The first-order chi connectivity index (χ1) is 11.0. The topological polar surface area (TPSA) is 44.8 Å². The summed E-state index contributed by atoms with van der Waals surface area (Å²) in [4.78, 5) is 12.1. The van der Waals surface area contributed by atoms with Crippen LogP contribution in [0.3, 0.4) is 0 Å². The number of rotatable bonds is 15. The van der Waals surface area contributed by atoms with Gasteiger partial charge in [-0.15, -0.1) is 0 Å². The lowest BCUT2D eigenvalue weighted by atomic mass is 10.1. The number of carbonyl (C=O) groups excluding carboxylic acids is 1. The molecule has 6 heteroatoms. The summed E-state index contributed by atoms with van der Waals surface area (Å²) in [5.41, 5.74) is 0. The van der Waals surface area contributed by atoms with Crippen molar-refractivity contribution in [2.75, 3.05) is 19.8 Å². The highest BCUT2D eigenvalue weighted by atomic mass is 32.2. The van der Waals surface area contributed by atoms with Crippen LogP contribution in [0.2, 0.25) is 6.04 Å². The molecule has 0 bridgehead atoms. The highest BCUT2D eigenvalue weighted by Gasteiger charge is 2.42. The molecule has 0 heterocycles. The predicted molar refractivity (Wildman–Crippen MR) is 101 cm³/mol. The van der Waals surface area contributed by atoms with Crippen LogP contribution in [0.1, 0.15) is 73.1 Å². The predicted octanol–water partition coefficient (Wildman–Crippen LogP) is 5.04. The molecular weight excluding hydrogens is 328 g/mol. The van der Waals surface area contributed by atoms with Gasteiger partial charge in [0.05, 0.1) is 0 Å². The zero-order valence-electron chi connectivity index (χ0n) is 15.7. The molecule has 0 N–H and O–H groups in total. The van der Waals surface area contributed by atoms with E-state index in [0.29, 0.717) is 32.3 Å². The summed E-state index contributed by atoms with van der Waals surface area (Å²) in [5.74, 6) is 0. The summed E-state index contributed by atoms with van der Waals surface area (Å²) in [7, 11) is -2.65. The summed E-state index contributed by atoms with van der Waals surface area (Å²) in [6.45, 7) is 11.9. The van der Waals surface area contributed by atoms with Gasteiger partial charge in [0.2, 0.25) is 0 Å². The summed E-state index contributed by atoms with van der Waals surface area (Å²) in [5, 5.41) is 0.441. The van der Waals surface area contributed by atoms with Crippen molar-refractivity contribution < 1.29 is 18.1 Å². The molecule has 0 spiro atoms. The fourth-order valence-electron chi connectivity index (χ4n) is 2.51. The van der Waals surface area contributed by atoms with Gasteiger partial charge in [0.15, 0.2) is 5.12 Å². The number of unbranched alkanes of at least 4 members (excludes halogenated alkanes) is 4. The molecule has 0 aliphatic heterocycles. The zero-order chi connectivity index (χ0) is 17.6. The number of carbonyl (C=O) groups is 1. The zero-order valence-corrected chi connectivity index (χ0v) is 17.5. The Balaban J connectivity index is 4.28. The first-order valence-corrected chi connectivity index (χ1v) is 12.0. The standard InChI is InChI=1S/C17H36O4SSi/c1-6-10-11-12-13-14-17(18)22-16(5)15-23(19-7-2,20-8-3)21-9-4/h16H,6-15H2,1-5H3. The number of hydrogen-bond acceptors (Lipinski definition) is 5. The van der Waals surface area contributed by atoms with Crippen molar-refractivity contribution in [3.63, 3.8) is 0 Å². The molecule has 0 aliphatic carbocycles. The lowest BCUT2D eigenvalue weighted by Crippen LogP contribution is -2.47. The second-order valence-electron chi connectivity index (χ2n) is 5.65. The highest BCUT2D eigenvalue weighted by molar-refractivity contribution is 8.14. The van der Waals surface area contributed by atoms with Gasteiger partial charge in [-0.2, -0.15) is 0 Å². The van der Waals surface area contributed by atoms with Crippen LogP contribution in [0, 0.1) is 0 Å². The van der Waals surface area contributed by atoms with E-state index in [1.165, 1.54) is 31.0 Å². The van der Waals surface area contributed by atoms with Crippen LogP contribution >= 0.6 is 11.8 Å². The minimum Gasteiger partial charge on any atom is -0.374 e. The van der Waals surface area contributed by atoms with Crippen LogP contribution < -0.4 is 0 Å². The molecular formula is C17H36O4SSi. The number of thioether (sulfide) groups is 1. The molecule has 1 unspecified atom stereocenters. The molecule has 0 aromatic heterocycles. The fraction of sp³-hybridized carbons (Fsp3) is 0.941. The summed E-state index contributed by atoms with van der Waals surface area (Å²) < 4.78 is 17.6. The van der Waals surface area contributed by atoms with E-state index in [-0.39, 0.29) is 10.4 Å². The largest absolute Gasteiger partial charge is 0.502 e. The molecule has 0 aromatic carbocycles. The van der Waals surface area contributed by atoms with Gasteiger partial charge in [0.1, 0.15) is 0 Å². The van der Waals surface area contributed by atoms with E-state index in [9.17, 15) is 4.79 Å². The Kier molecular flexibility index (Phi) is 14.5. The third-order valence-corrected chi connectivity index (χ3v) is 8.08. The Bertz CT molecular complexity index is 285. The average Bonchev–Trinajstić information content (AvgIpc) is 2.47. The molecule has 0 radical (unpaired) electrons. The van der Waals surface area contributed by atoms with Gasteiger partial charge in [-0.3, -0.25) is 4.79 Å². The monoisotopic (exact) mass is 364 g/mol. The molecule has 0 fully saturated rings. The van der Waals surface area contributed by atoms with Crippen LogP contribution in [-0.2, 0) is 18.1 Å². The van der Waals surface area contributed by atoms with Crippen LogP contribution in [0.5, 0.6) is 0 Å². The quantitative estimate of drug-likeness (QED) is 0.301. The van der Waals surface area contributed by atoms with Crippen LogP contribution in [0.25, 0.3) is 0 Å². The molecule has 0 amide bonds. The van der Waals surface area contributed by atoms with Crippen molar-refractivity contribution in [2.45, 2.75) is 84.4 Å². The third-order valence-electron chi connectivity index (χ3n) is 3.45. The SMILES string of the molecule is CCCCCCCC(=O)SC(C)C[Si](OCC)(OCC)OCC. The van der Waals surface area contributed by atoms with Gasteiger partial charge in [0.25, 0.3) is 0 Å². The van der Waals surface area contributed by atoms with Crippen molar-refractivity contribution in [3.05, 3.63) is 0 Å². The summed E-state index contributed by atoms with van der Waals surface area (Å²) in [6, 6.07) is 0.689. The van der Waals surface area contributed by atoms with E-state index < -0.39 is 8.80 Å². The van der Waals surface area contributed by atoms with Crippen molar-refractivity contribution >= 4 is 25.7 Å². The van der Waals surface area contributed by atoms with Crippen molar-refractivity contribution in [1.82, 2.24) is 0 Å². The van der Waals surface area contributed by atoms with Gasteiger partial charge in [-0.25, -0.2) is 0 Å². The van der Waals surface area contributed by atoms with Crippen LogP contribution in [-0.4, -0.2) is 39.0 Å². The maximum absolute atomic E-state index is 12.1. The second kappa shape index (κ2) is 14.5. The van der Waals surface area contributed by atoms with Crippen molar-refractivity contribution in [2.24, 2.45) is 0 Å². The van der Waals surface area contributed by atoms with E-state index in [4.69, 9.17) is 13.3 Å². The molecule has 0 saturated heterocycles. The molecule has 23 heavy (non-hydrogen) atoms. The van der Waals surface area contributed by atoms with Gasteiger partial charge in [0, 0.05) is 37.5 Å². The van der Waals surface area contributed by atoms with E-state index in [1.807, 2.05) is 20.8 Å². The minimum atomic E-state index is -2.65. The molecule has 4 nitrogen and oxygen atoms in total. The van der Waals surface area contributed by atoms with Gasteiger partial charge in [-0.05, 0) is 27.2 Å². The van der Waals surface area contributed by atoms with Crippen molar-refractivity contribution in [1.29, 1.82) is 0 Å². The Hall–Kier alpha value is 0.117. The van der Waals surface area contributed by atoms with E-state index >= 15 is 0 Å². The average molecular weight is 365 g/mol. The fourth-order valence-corrected chi connectivity index (χ4v) is 6.80. The Morgan fingerprint density at radius 2 is 1.43 bits per heavy atom. The Morgan fingerprint density at radius 1 is 0.913 bits per heavy atom. The Labute approximate surface area is 148 Å². The first-order valence-electron chi connectivity index (χ1n) is 9.14. The van der Waals surface area contributed by atoms with Gasteiger partial charge < -0.3 is 13.3 Å². The summed E-state index contributed by atoms with van der Waals surface area (Å²) >= 11 is 1.42. The molecule has 0 aromatic rings. The normalized spacial score (nSPS) is 13.3. The first kappa shape index (κ1) is 23.1. The summed E-state index contributed by atoms with van der Waals surface area (Å²) in [6.07, 6.45) is 6.57. The van der Waals surface area contributed by atoms with E-state index in [0.717, 1.165) is 12.8 Å². The lowest BCUT2D eigenvalue weighted by Gasteiger charge is -2.30. The third kappa shape index (κ3) is 11.3. The van der Waals surface area contributed by atoms with E-state index in [2.05, 4.69) is 13.8 Å². The maximum Gasteiger partial charge on any atom is 0.502 e. The van der Waals surface area contributed by atoms with Crippen LogP contribution in [0.15, 0.2) is 0 Å². The molecule has 1 atom stereocenters. The Morgan fingerprint density at radius 3 is 1.91 bits per heavy atom. The molecule has 0 saturated carbocycles. The molecule has 0 aliphatic rings. The molecule has 138 valence electrons. The minimum absolute atomic E-state index is 0.162. The van der Waals surface area contributed by atoms with Crippen LogP contribution in [0.4, 0.5) is 0 Å². The lowest BCUT2D eigenvalue weighted by molar-refractivity contribution is -0.111. The van der Waals surface area contributed by atoms with Crippen molar-refractivity contribution in [3.8, 4) is 0 Å². The second-order valence-corrected chi connectivity index (χ2v) is 9.79. The van der Waals surface area contributed by atoms with E-state index in [1.54, 1.807) is 0 Å². The molecule has 0 rings (SSSR count). The van der Waals surface area contributed by atoms with Gasteiger partial charge in [-0.1, -0.05) is 51.3 Å². The number of hydrogen-bond donors (Lipinski definition) is 0. The smallest absolute Gasteiger partial charge is 0.374 e.